The molecular formula is C18H21NO. The average Bonchev–Trinajstić information content (AvgIpc) is 2.48. The molecule has 2 aromatic rings. The van der Waals surface area contributed by atoms with E-state index < -0.39 is 0 Å². The van der Waals surface area contributed by atoms with E-state index in [0.29, 0.717) is 12.0 Å². The third kappa shape index (κ3) is 2.92. The highest BCUT2D eigenvalue weighted by molar-refractivity contribution is 5.24. The van der Waals surface area contributed by atoms with Gasteiger partial charge in [0, 0.05) is 6.04 Å². The van der Waals surface area contributed by atoms with Gasteiger partial charge in [-0.05, 0) is 29.9 Å². The van der Waals surface area contributed by atoms with Crippen molar-refractivity contribution in [3.05, 3.63) is 71.8 Å². The van der Waals surface area contributed by atoms with Gasteiger partial charge in [0.15, 0.2) is 0 Å². The van der Waals surface area contributed by atoms with Crippen LogP contribution in [-0.2, 0) is 0 Å². The van der Waals surface area contributed by atoms with Crippen LogP contribution in [0.1, 0.15) is 35.9 Å². The van der Waals surface area contributed by atoms with Gasteiger partial charge < -0.3 is 10.4 Å². The molecule has 1 atom stereocenters. The minimum Gasteiger partial charge on any atom is -0.394 e. The number of nitrogens with one attached hydrogen (secondary N) is 1. The fourth-order valence-corrected chi connectivity index (χ4v) is 2.98. The van der Waals surface area contributed by atoms with E-state index in [0.717, 1.165) is 18.4 Å². The lowest BCUT2D eigenvalue weighted by molar-refractivity contribution is 0.197. The molecule has 0 amide bonds. The molecule has 0 heterocycles. The van der Waals surface area contributed by atoms with Crippen LogP contribution in [0, 0.1) is 0 Å². The van der Waals surface area contributed by atoms with Crippen LogP contribution in [0.3, 0.4) is 0 Å². The first-order valence-electron chi connectivity index (χ1n) is 7.33. The minimum atomic E-state index is 0.0536. The summed E-state index contributed by atoms with van der Waals surface area (Å²) in [7, 11) is 0. The number of hydrogen-bond donors (Lipinski definition) is 2. The van der Waals surface area contributed by atoms with E-state index in [4.69, 9.17) is 0 Å². The van der Waals surface area contributed by atoms with Crippen LogP contribution in [0.2, 0.25) is 0 Å². The summed E-state index contributed by atoms with van der Waals surface area (Å²) in [5.74, 6) is 0.670. The van der Waals surface area contributed by atoms with Gasteiger partial charge in [0.2, 0.25) is 0 Å². The molecule has 2 aromatic carbocycles. The molecule has 0 radical (unpaired) electrons. The zero-order valence-electron chi connectivity index (χ0n) is 11.6. The molecule has 1 fully saturated rings. The predicted octanol–water partition coefficient (Wildman–Crippen LogP) is 3.26. The fraction of sp³-hybridized carbons (Fsp3) is 0.333. The maximum atomic E-state index is 9.57. The van der Waals surface area contributed by atoms with E-state index in [2.05, 4.69) is 47.8 Å². The lowest BCUT2D eigenvalue weighted by atomic mass is 9.75. The summed E-state index contributed by atoms with van der Waals surface area (Å²) in [6.45, 7) is 0.149. The first-order chi connectivity index (χ1) is 9.86. The first-order valence-corrected chi connectivity index (χ1v) is 7.33. The summed E-state index contributed by atoms with van der Waals surface area (Å²) in [5.41, 5.74) is 2.60. The van der Waals surface area contributed by atoms with Crippen molar-refractivity contribution in [2.24, 2.45) is 0 Å². The molecule has 0 aliphatic heterocycles. The largest absolute Gasteiger partial charge is 0.394 e. The molecule has 1 saturated carbocycles. The Bertz CT molecular complexity index is 520. The Kier molecular flexibility index (Phi) is 4.14. The maximum Gasteiger partial charge on any atom is 0.0626 e. The molecule has 3 rings (SSSR count). The normalized spacial score (nSPS) is 23.1. The van der Waals surface area contributed by atoms with E-state index in [1.165, 1.54) is 5.56 Å². The summed E-state index contributed by atoms with van der Waals surface area (Å²) in [6, 6.07) is 21.5. The first kappa shape index (κ1) is 13.3. The summed E-state index contributed by atoms with van der Waals surface area (Å²) in [4.78, 5) is 0. The number of hydrogen-bond acceptors (Lipinski definition) is 2. The van der Waals surface area contributed by atoms with Crippen molar-refractivity contribution in [1.29, 1.82) is 0 Å². The Morgan fingerprint density at radius 3 is 2.15 bits per heavy atom. The Hall–Kier alpha value is -1.64. The summed E-state index contributed by atoms with van der Waals surface area (Å²) in [5, 5.41) is 13.1. The molecule has 1 aliphatic carbocycles. The van der Waals surface area contributed by atoms with Gasteiger partial charge in [-0.1, -0.05) is 60.7 Å². The Labute approximate surface area is 120 Å². The standard InChI is InChI=1S/C18H21NO/c20-13-18(15-9-5-2-6-10-15)19-17-11-16(12-17)14-7-3-1-4-8-14/h1-10,16-20H,11-13H2/t16?,17?,18-/m0/s1. The number of aliphatic hydroxyl groups is 1. The van der Waals surface area contributed by atoms with Crippen LogP contribution < -0.4 is 5.32 Å². The third-order valence-electron chi connectivity index (χ3n) is 4.23. The van der Waals surface area contributed by atoms with Crippen molar-refractivity contribution in [1.82, 2.24) is 5.32 Å². The molecular weight excluding hydrogens is 246 g/mol. The van der Waals surface area contributed by atoms with Crippen LogP contribution in [0.15, 0.2) is 60.7 Å². The van der Waals surface area contributed by atoms with E-state index >= 15 is 0 Å². The molecule has 20 heavy (non-hydrogen) atoms. The molecule has 104 valence electrons. The highest BCUT2D eigenvalue weighted by Crippen LogP contribution is 2.37. The summed E-state index contributed by atoms with van der Waals surface area (Å²) >= 11 is 0. The van der Waals surface area contributed by atoms with Crippen LogP contribution in [0.4, 0.5) is 0 Å². The second-order valence-electron chi connectivity index (χ2n) is 5.59. The maximum absolute atomic E-state index is 9.57. The smallest absolute Gasteiger partial charge is 0.0626 e. The lowest BCUT2D eigenvalue weighted by Gasteiger charge is -2.38. The van der Waals surface area contributed by atoms with E-state index in [9.17, 15) is 5.11 Å². The lowest BCUT2D eigenvalue weighted by Crippen LogP contribution is -2.43. The topological polar surface area (TPSA) is 32.3 Å². The van der Waals surface area contributed by atoms with Crippen molar-refractivity contribution >= 4 is 0 Å². The highest BCUT2D eigenvalue weighted by atomic mass is 16.3. The van der Waals surface area contributed by atoms with Gasteiger partial charge >= 0.3 is 0 Å². The average molecular weight is 267 g/mol. The summed E-state index contributed by atoms with van der Waals surface area (Å²) in [6.07, 6.45) is 2.32. The van der Waals surface area contributed by atoms with Crippen molar-refractivity contribution < 1.29 is 5.11 Å². The third-order valence-corrected chi connectivity index (χ3v) is 4.23. The quantitative estimate of drug-likeness (QED) is 0.871. The molecule has 0 unspecified atom stereocenters. The monoisotopic (exact) mass is 267 g/mol. The Morgan fingerprint density at radius 2 is 1.55 bits per heavy atom. The van der Waals surface area contributed by atoms with Crippen LogP contribution in [-0.4, -0.2) is 17.8 Å². The van der Waals surface area contributed by atoms with Gasteiger partial charge in [0.05, 0.1) is 12.6 Å². The zero-order valence-corrected chi connectivity index (χ0v) is 11.6. The molecule has 1 aliphatic rings. The van der Waals surface area contributed by atoms with Gasteiger partial charge in [0.25, 0.3) is 0 Å². The highest BCUT2D eigenvalue weighted by Gasteiger charge is 2.31. The Morgan fingerprint density at radius 1 is 0.950 bits per heavy atom. The number of aliphatic hydroxyl groups excluding tert-OH is 1. The van der Waals surface area contributed by atoms with E-state index in [1.807, 2.05) is 18.2 Å². The van der Waals surface area contributed by atoms with Gasteiger partial charge in [-0.25, -0.2) is 0 Å². The van der Waals surface area contributed by atoms with Crippen molar-refractivity contribution in [2.45, 2.75) is 30.8 Å². The molecule has 2 heteroatoms. The van der Waals surface area contributed by atoms with Gasteiger partial charge in [0.1, 0.15) is 0 Å². The SMILES string of the molecule is OC[C@H](NC1CC(c2ccccc2)C1)c1ccccc1. The van der Waals surface area contributed by atoms with Crippen LogP contribution in [0.5, 0.6) is 0 Å². The number of benzene rings is 2. The number of rotatable bonds is 5. The zero-order chi connectivity index (χ0) is 13.8. The van der Waals surface area contributed by atoms with Crippen LogP contribution in [0.25, 0.3) is 0 Å². The second kappa shape index (κ2) is 6.21. The predicted molar refractivity (Wildman–Crippen MR) is 81.6 cm³/mol. The van der Waals surface area contributed by atoms with E-state index in [-0.39, 0.29) is 12.6 Å². The minimum absolute atomic E-state index is 0.0536. The Balaban J connectivity index is 1.55. The van der Waals surface area contributed by atoms with E-state index in [1.54, 1.807) is 0 Å². The van der Waals surface area contributed by atoms with Gasteiger partial charge in [-0.15, -0.1) is 0 Å². The fourth-order valence-electron chi connectivity index (χ4n) is 2.98. The summed E-state index contributed by atoms with van der Waals surface area (Å²) < 4.78 is 0. The molecule has 2 nitrogen and oxygen atoms in total. The van der Waals surface area contributed by atoms with Crippen LogP contribution >= 0.6 is 0 Å². The molecule has 2 N–H and O–H groups in total. The van der Waals surface area contributed by atoms with Crippen molar-refractivity contribution in [2.75, 3.05) is 6.61 Å². The van der Waals surface area contributed by atoms with Gasteiger partial charge in [-0.2, -0.15) is 0 Å². The van der Waals surface area contributed by atoms with Gasteiger partial charge in [-0.3, -0.25) is 0 Å². The van der Waals surface area contributed by atoms with Crippen molar-refractivity contribution in [3.8, 4) is 0 Å². The molecule has 0 bridgehead atoms. The molecule has 0 saturated heterocycles. The molecule has 0 aromatic heterocycles. The second-order valence-corrected chi connectivity index (χ2v) is 5.59. The van der Waals surface area contributed by atoms with Crippen molar-refractivity contribution in [3.63, 3.8) is 0 Å². The molecule has 0 spiro atoms.